The lowest BCUT2D eigenvalue weighted by Gasteiger charge is -2.24. The summed E-state index contributed by atoms with van der Waals surface area (Å²) in [7, 11) is 0. The number of halogens is 5. The molecule has 1 fully saturated rings. The number of rotatable bonds is 6. The average Bonchev–Trinajstić information content (AvgIpc) is 2.78. The maximum absolute atomic E-state index is 14.0. The van der Waals surface area contributed by atoms with Gasteiger partial charge in [-0.15, -0.1) is 0 Å². The molecule has 11 heteroatoms. The van der Waals surface area contributed by atoms with Gasteiger partial charge in [-0.25, -0.2) is 18.7 Å². The molecule has 4 rings (SSSR count). The Labute approximate surface area is 186 Å². The van der Waals surface area contributed by atoms with E-state index in [1.807, 2.05) is 0 Å². The van der Waals surface area contributed by atoms with Crippen LogP contribution in [0.3, 0.4) is 0 Å². The summed E-state index contributed by atoms with van der Waals surface area (Å²) in [6.07, 6.45) is -0.865. The fraction of sp³-hybridized carbons (Fsp3) is 0.318. The Morgan fingerprint density at radius 1 is 0.970 bits per heavy atom. The van der Waals surface area contributed by atoms with E-state index in [-0.39, 0.29) is 35.4 Å². The minimum atomic E-state index is -4.56. The summed E-state index contributed by atoms with van der Waals surface area (Å²) < 4.78 is 66.6. The van der Waals surface area contributed by atoms with E-state index in [4.69, 9.17) is 0 Å². The first-order valence-electron chi connectivity index (χ1n) is 10.3. The van der Waals surface area contributed by atoms with E-state index in [0.29, 0.717) is 5.82 Å². The van der Waals surface area contributed by atoms with Crippen LogP contribution in [-0.2, 0) is 12.7 Å². The van der Waals surface area contributed by atoms with Crippen molar-refractivity contribution in [1.82, 2.24) is 20.3 Å². The van der Waals surface area contributed by atoms with Gasteiger partial charge in [-0.05, 0) is 38.1 Å². The molecule has 3 heterocycles. The van der Waals surface area contributed by atoms with Crippen LogP contribution >= 0.6 is 0 Å². The van der Waals surface area contributed by atoms with E-state index in [2.05, 4.69) is 30.9 Å². The van der Waals surface area contributed by atoms with Gasteiger partial charge in [0.15, 0.2) is 5.82 Å². The number of hydrogen-bond donors (Lipinski definition) is 3. The molecule has 33 heavy (non-hydrogen) atoms. The van der Waals surface area contributed by atoms with Crippen molar-refractivity contribution >= 4 is 11.6 Å². The van der Waals surface area contributed by atoms with Crippen molar-refractivity contribution in [3.8, 4) is 11.4 Å². The Hall–Kier alpha value is -3.34. The molecule has 0 radical (unpaired) electrons. The molecule has 0 unspecified atom stereocenters. The summed E-state index contributed by atoms with van der Waals surface area (Å²) in [5, 5.41) is 9.50. The van der Waals surface area contributed by atoms with E-state index in [1.54, 1.807) is 6.07 Å². The molecule has 6 nitrogen and oxygen atoms in total. The Balaban J connectivity index is 1.64. The SMILES string of the molecule is Fc1ccc(CNc2cc(NC3CCNCC3)nc(-c3cncc(C(F)(F)F)c3)n2)c(F)c1. The van der Waals surface area contributed by atoms with Crippen molar-refractivity contribution < 1.29 is 22.0 Å². The van der Waals surface area contributed by atoms with Gasteiger partial charge < -0.3 is 16.0 Å². The zero-order valence-corrected chi connectivity index (χ0v) is 17.4. The van der Waals surface area contributed by atoms with E-state index < -0.39 is 23.4 Å². The van der Waals surface area contributed by atoms with Gasteiger partial charge >= 0.3 is 6.18 Å². The molecule has 0 amide bonds. The quantitative estimate of drug-likeness (QED) is 0.463. The predicted octanol–water partition coefficient (Wildman–Crippen LogP) is 4.61. The van der Waals surface area contributed by atoms with Crippen LogP contribution in [0.5, 0.6) is 0 Å². The maximum atomic E-state index is 14.0. The highest BCUT2D eigenvalue weighted by Gasteiger charge is 2.31. The Morgan fingerprint density at radius 2 is 1.73 bits per heavy atom. The molecule has 1 aliphatic heterocycles. The summed E-state index contributed by atoms with van der Waals surface area (Å²) in [5.41, 5.74) is -0.608. The first-order valence-corrected chi connectivity index (χ1v) is 10.3. The van der Waals surface area contributed by atoms with Gasteiger partial charge in [0.2, 0.25) is 0 Å². The topological polar surface area (TPSA) is 74.8 Å². The van der Waals surface area contributed by atoms with Crippen molar-refractivity contribution in [2.45, 2.75) is 31.6 Å². The fourth-order valence-corrected chi connectivity index (χ4v) is 3.48. The van der Waals surface area contributed by atoms with Gasteiger partial charge in [-0.2, -0.15) is 13.2 Å². The lowest BCUT2D eigenvalue weighted by atomic mass is 10.1. The van der Waals surface area contributed by atoms with E-state index in [0.717, 1.165) is 50.3 Å². The first-order chi connectivity index (χ1) is 15.8. The Morgan fingerprint density at radius 3 is 2.45 bits per heavy atom. The number of pyridine rings is 1. The largest absolute Gasteiger partial charge is 0.417 e. The molecule has 1 aromatic carbocycles. The van der Waals surface area contributed by atoms with Crippen molar-refractivity contribution in [2.24, 2.45) is 0 Å². The summed E-state index contributed by atoms with van der Waals surface area (Å²) in [5.74, 6) is -0.670. The second-order valence-electron chi connectivity index (χ2n) is 7.68. The highest BCUT2D eigenvalue weighted by molar-refractivity contribution is 5.61. The first kappa shape index (κ1) is 22.8. The third-order valence-corrected chi connectivity index (χ3v) is 5.22. The number of nitrogens with one attached hydrogen (secondary N) is 3. The van der Waals surface area contributed by atoms with Gasteiger partial charge in [0.25, 0.3) is 0 Å². The second kappa shape index (κ2) is 9.65. The Kier molecular flexibility index (Phi) is 6.68. The minimum absolute atomic E-state index is 0.00377. The lowest BCUT2D eigenvalue weighted by molar-refractivity contribution is -0.137. The minimum Gasteiger partial charge on any atom is -0.367 e. The van der Waals surface area contributed by atoms with Gasteiger partial charge in [-0.1, -0.05) is 6.07 Å². The molecule has 0 atom stereocenters. The smallest absolute Gasteiger partial charge is 0.367 e. The Bertz CT molecular complexity index is 1110. The number of piperidine rings is 1. The molecule has 3 aromatic rings. The molecular weight excluding hydrogens is 443 g/mol. The van der Waals surface area contributed by atoms with Gasteiger partial charge in [0, 0.05) is 48.2 Å². The normalized spacial score (nSPS) is 14.8. The van der Waals surface area contributed by atoms with Gasteiger partial charge in [-0.3, -0.25) is 4.98 Å². The van der Waals surface area contributed by atoms with E-state index >= 15 is 0 Å². The molecule has 3 N–H and O–H groups in total. The third kappa shape index (κ3) is 5.92. The number of benzene rings is 1. The van der Waals surface area contributed by atoms with Crippen LogP contribution in [-0.4, -0.2) is 34.1 Å². The van der Waals surface area contributed by atoms with Crippen LogP contribution in [0.1, 0.15) is 24.0 Å². The van der Waals surface area contributed by atoms with Gasteiger partial charge in [0.05, 0.1) is 5.56 Å². The number of nitrogens with zero attached hydrogens (tertiary/aromatic N) is 3. The third-order valence-electron chi connectivity index (χ3n) is 5.22. The highest BCUT2D eigenvalue weighted by atomic mass is 19.4. The molecule has 1 aliphatic rings. The van der Waals surface area contributed by atoms with Crippen LogP contribution < -0.4 is 16.0 Å². The number of hydrogen-bond acceptors (Lipinski definition) is 6. The van der Waals surface area contributed by atoms with Gasteiger partial charge in [0.1, 0.15) is 23.3 Å². The molecule has 0 spiro atoms. The second-order valence-corrected chi connectivity index (χ2v) is 7.68. The van der Waals surface area contributed by atoms with E-state index in [9.17, 15) is 22.0 Å². The zero-order valence-electron chi connectivity index (χ0n) is 17.4. The monoisotopic (exact) mass is 464 g/mol. The van der Waals surface area contributed by atoms with Crippen LogP contribution in [0.4, 0.5) is 33.6 Å². The average molecular weight is 464 g/mol. The van der Waals surface area contributed by atoms with Crippen LogP contribution in [0, 0.1) is 11.6 Å². The van der Waals surface area contributed by atoms with Crippen LogP contribution in [0.2, 0.25) is 0 Å². The zero-order chi connectivity index (χ0) is 23.4. The lowest BCUT2D eigenvalue weighted by Crippen LogP contribution is -2.35. The standard InChI is InChI=1S/C22H21F5N6/c23-16-2-1-13(18(24)8-16)11-30-19-9-20(31-17-3-5-28-6-4-17)33-21(32-19)14-7-15(12-29-10-14)22(25,26)27/h1-2,7-10,12,17,28H,3-6,11H2,(H2,30,31,32,33). The molecule has 1 saturated heterocycles. The summed E-state index contributed by atoms with van der Waals surface area (Å²) >= 11 is 0. The summed E-state index contributed by atoms with van der Waals surface area (Å²) in [6, 6.07) is 5.90. The van der Waals surface area contributed by atoms with Crippen LogP contribution in [0.15, 0.2) is 42.7 Å². The number of aromatic nitrogens is 3. The maximum Gasteiger partial charge on any atom is 0.417 e. The van der Waals surface area contributed by atoms with Crippen molar-refractivity contribution in [3.63, 3.8) is 0 Å². The molecule has 0 aliphatic carbocycles. The highest BCUT2D eigenvalue weighted by Crippen LogP contribution is 2.31. The fourth-order valence-electron chi connectivity index (χ4n) is 3.48. The van der Waals surface area contributed by atoms with Crippen molar-refractivity contribution in [1.29, 1.82) is 0 Å². The van der Waals surface area contributed by atoms with E-state index in [1.165, 1.54) is 12.3 Å². The van der Waals surface area contributed by atoms with Crippen LogP contribution in [0.25, 0.3) is 11.4 Å². The number of alkyl halides is 3. The molecule has 0 saturated carbocycles. The summed E-state index contributed by atoms with van der Waals surface area (Å²) in [6.45, 7) is 1.67. The predicted molar refractivity (Wildman–Crippen MR) is 113 cm³/mol. The molecule has 2 aromatic heterocycles. The number of anilines is 2. The molecule has 0 bridgehead atoms. The van der Waals surface area contributed by atoms with Crippen molar-refractivity contribution in [2.75, 3.05) is 23.7 Å². The summed E-state index contributed by atoms with van der Waals surface area (Å²) in [4.78, 5) is 12.4. The van der Waals surface area contributed by atoms with Crippen molar-refractivity contribution in [3.05, 3.63) is 65.5 Å². The molecule has 174 valence electrons. The molecular formula is C22H21F5N6.